The molecule has 0 atom stereocenters. The van der Waals surface area contributed by atoms with Crippen LogP contribution in [0.1, 0.15) is 25.3 Å². The van der Waals surface area contributed by atoms with Crippen molar-refractivity contribution < 1.29 is 9.59 Å². The molecule has 0 bridgehead atoms. The summed E-state index contributed by atoms with van der Waals surface area (Å²) in [4.78, 5) is 25.3. The van der Waals surface area contributed by atoms with E-state index in [1.54, 1.807) is 0 Å². The number of amides is 2. The number of anilines is 1. The number of halogens is 2. The molecule has 0 aliphatic carbocycles. The lowest BCUT2D eigenvalue weighted by molar-refractivity contribution is -0.120. The van der Waals surface area contributed by atoms with E-state index in [2.05, 4.69) is 6.92 Å². The minimum Gasteiger partial charge on any atom is -0.268 e. The van der Waals surface area contributed by atoms with Crippen molar-refractivity contribution in [2.24, 2.45) is 0 Å². The normalized spacial score (nSPS) is 15.6. The van der Waals surface area contributed by atoms with E-state index >= 15 is 0 Å². The average Bonchev–Trinajstić information content (AvgIpc) is 2.62. The van der Waals surface area contributed by atoms with E-state index in [-0.39, 0.29) is 11.8 Å². The van der Waals surface area contributed by atoms with Gasteiger partial charge < -0.3 is 0 Å². The third-order valence-electron chi connectivity index (χ3n) is 2.99. The van der Waals surface area contributed by atoms with Gasteiger partial charge in [-0.15, -0.1) is 0 Å². The van der Waals surface area contributed by atoms with Gasteiger partial charge in [-0.2, -0.15) is 0 Å². The molecular weight excluding hydrogens is 468 g/mol. The molecule has 0 unspecified atom stereocenters. The molecule has 0 spiro atoms. The molecule has 0 saturated carbocycles. The molecule has 0 N–H and O–H groups in total. The number of rotatable bonds is 4. The zero-order chi connectivity index (χ0) is 14.0. The van der Waals surface area contributed by atoms with E-state index in [1.807, 2.05) is 69.4 Å². The average molecular weight is 481 g/mol. The van der Waals surface area contributed by atoms with Crippen molar-refractivity contribution in [2.75, 3.05) is 4.90 Å². The molecule has 1 heterocycles. The van der Waals surface area contributed by atoms with Crippen molar-refractivity contribution >= 4 is 62.7 Å². The van der Waals surface area contributed by atoms with E-state index in [0.29, 0.717) is 12.8 Å². The zero-order valence-electron chi connectivity index (χ0n) is 10.5. The van der Waals surface area contributed by atoms with Gasteiger partial charge in [0.2, 0.25) is 0 Å². The topological polar surface area (TPSA) is 37.4 Å². The number of carbonyl (C=O) groups is 2. The van der Waals surface area contributed by atoms with Crippen LogP contribution < -0.4 is 4.90 Å². The third-order valence-corrected chi connectivity index (χ3v) is 6.02. The standard InChI is InChI=1S/C14H13I2NO2/c1-2-3-4-9-5-7-10(8-6-9)17-13(18)11(15)12(16)14(17)19/h5-8H,2-4H2,1H3. The van der Waals surface area contributed by atoms with Crippen LogP contribution in [0.5, 0.6) is 0 Å². The molecule has 1 aliphatic rings. The van der Waals surface area contributed by atoms with Crippen molar-refractivity contribution in [3.05, 3.63) is 37.0 Å². The highest BCUT2D eigenvalue weighted by Gasteiger charge is 2.36. The number of hydrogen-bond acceptors (Lipinski definition) is 2. The summed E-state index contributed by atoms with van der Waals surface area (Å²) < 4.78 is 0.997. The molecular formula is C14H13I2NO2. The molecule has 1 aromatic carbocycles. The maximum Gasteiger partial charge on any atom is 0.272 e. The van der Waals surface area contributed by atoms with Gasteiger partial charge in [-0.25, -0.2) is 4.90 Å². The molecule has 5 heteroatoms. The fourth-order valence-electron chi connectivity index (χ4n) is 1.90. The summed E-state index contributed by atoms with van der Waals surface area (Å²) in [5.74, 6) is -0.451. The summed E-state index contributed by atoms with van der Waals surface area (Å²) in [6, 6.07) is 7.67. The van der Waals surface area contributed by atoms with Gasteiger partial charge in [-0.3, -0.25) is 9.59 Å². The van der Waals surface area contributed by atoms with Gasteiger partial charge >= 0.3 is 0 Å². The Labute approximate surface area is 139 Å². The summed E-state index contributed by atoms with van der Waals surface area (Å²) in [6.45, 7) is 2.16. The van der Waals surface area contributed by atoms with E-state index in [1.165, 1.54) is 10.5 Å². The van der Waals surface area contributed by atoms with Crippen molar-refractivity contribution in [1.29, 1.82) is 0 Å². The molecule has 0 saturated heterocycles. The van der Waals surface area contributed by atoms with E-state index in [9.17, 15) is 9.59 Å². The summed E-state index contributed by atoms with van der Waals surface area (Å²) in [5.41, 5.74) is 1.89. The second-order valence-electron chi connectivity index (χ2n) is 4.34. The molecule has 0 fully saturated rings. The number of carbonyl (C=O) groups excluding carboxylic acids is 2. The molecule has 2 amide bonds. The van der Waals surface area contributed by atoms with Crippen LogP contribution in [0, 0.1) is 0 Å². The number of benzene rings is 1. The molecule has 3 nitrogen and oxygen atoms in total. The lowest BCUT2D eigenvalue weighted by atomic mass is 10.1. The molecule has 100 valence electrons. The van der Waals surface area contributed by atoms with Crippen LogP contribution in [0.2, 0.25) is 0 Å². The minimum atomic E-state index is -0.226. The first-order valence-electron chi connectivity index (χ1n) is 6.09. The summed E-state index contributed by atoms with van der Waals surface area (Å²) >= 11 is 3.85. The van der Waals surface area contributed by atoms with Crippen LogP contribution in [0.25, 0.3) is 0 Å². The SMILES string of the molecule is CCCCc1ccc(N2C(=O)C(I)=C(I)C2=O)cc1. The van der Waals surface area contributed by atoms with Crippen LogP contribution in [0.4, 0.5) is 5.69 Å². The second kappa shape index (κ2) is 6.34. The van der Waals surface area contributed by atoms with Gasteiger partial charge in [0.05, 0.1) is 12.8 Å². The van der Waals surface area contributed by atoms with Crippen molar-refractivity contribution in [1.82, 2.24) is 0 Å². The van der Waals surface area contributed by atoms with Gasteiger partial charge in [0.1, 0.15) is 0 Å². The van der Waals surface area contributed by atoms with Gasteiger partial charge in [-0.1, -0.05) is 25.5 Å². The Balaban J connectivity index is 2.20. The number of hydrogen-bond donors (Lipinski definition) is 0. The lowest BCUT2D eigenvalue weighted by Crippen LogP contribution is -2.30. The first-order valence-corrected chi connectivity index (χ1v) is 8.25. The van der Waals surface area contributed by atoms with E-state index in [4.69, 9.17) is 0 Å². The Morgan fingerprint density at radius 3 is 2.00 bits per heavy atom. The predicted molar refractivity (Wildman–Crippen MR) is 92.6 cm³/mol. The van der Waals surface area contributed by atoms with Crippen LogP contribution in [0.3, 0.4) is 0 Å². The Hall–Kier alpha value is -0.440. The third kappa shape index (κ3) is 3.01. The largest absolute Gasteiger partial charge is 0.272 e. The molecule has 0 aromatic heterocycles. The lowest BCUT2D eigenvalue weighted by Gasteiger charge is -2.14. The smallest absolute Gasteiger partial charge is 0.268 e. The maximum absolute atomic E-state index is 12.0. The van der Waals surface area contributed by atoms with Crippen LogP contribution >= 0.6 is 45.2 Å². The fraction of sp³-hybridized carbons (Fsp3) is 0.286. The first-order chi connectivity index (χ1) is 9.06. The highest BCUT2D eigenvalue weighted by molar-refractivity contribution is 14.1. The Bertz CT molecular complexity index is 525. The van der Waals surface area contributed by atoms with Crippen molar-refractivity contribution in [3.8, 4) is 0 Å². The second-order valence-corrected chi connectivity index (χ2v) is 6.50. The van der Waals surface area contributed by atoms with Crippen LogP contribution in [-0.2, 0) is 16.0 Å². The van der Waals surface area contributed by atoms with Crippen molar-refractivity contribution in [2.45, 2.75) is 26.2 Å². The zero-order valence-corrected chi connectivity index (χ0v) is 14.8. The number of imide groups is 1. The van der Waals surface area contributed by atoms with Crippen molar-refractivity contribution in [3.63, 3.8) is 0 Å². The van der Waals surface area contributed by atoms with Crippen LogP contribution in [-0.4, -0.2) is 11.8 Å². The van der Waals surface area contributed by atoms with E-state index in [0.717, 1.165) is 19.3 Å². The molecule has 19 heavy (non-hydrogen) atoms. The quantitative estimate of drug-likeness (QED) is 0.483. The monoisotopic (exact) mass is 481 g/mol. The summed E-state index contributed by atoms with van der Waals surface area (Å²) in [5, 5.41) is 0. The number of nitrogens with zero attached hydrogens (tertiary/aromatic N) is 1. The summed E-state index contributed by atoms with van der Waals surface area (Å²) in [6.07, 6.45) is 3.34. The number of aryl methyl sites for hydroxylation is 1. The fourth-order valence-corrected chi connectivity index (χ4v) is 2.85. The Morgan fingerprint density at radius 2 is 1.53 bits per heavy atom. The van der Waals surface area contributed by atoms with Gasteiger partial charge in [0.25, 0.3) is 11.8 Å². The maximum atomic E-state index is 12.0. The van der Waals surface area contributed by atoms with E-state index < -0.39 is 0 Å². The Morgan fingerprint density at radius 1 is 1.00 bits per heavy atom. The van der Waals surface area contributed by atoms with Gasteiger partial charge in [0.15, 0.2) is 0 Å². The van der Waals surface area contributed by atoms with Crippen LogP contribution in [0.15, 0.2) is 31.4 Å². The minimum absolute atomic E-state index is 0.226. The molecule has 0 radical (unpaired) electrons. The predicted octanol–water partition coefficient (Wildman–Crippen LogP) is 3.98. The molecule has 1 aromatic rings. The Kier molecular flexibility index (Phi) is 4.99. The molecule has 2 rings (SSSR count). The first kappa shape index (κ1) is 15.0. The highest BCUT2D eigenvalue weighted by atomic mass is 127. The number of unbranched alkanes of at least 4 members (excludes halogenated alkanes) is 1. The molecule has 1 aliphatic heterocycles. The van der Waals surface area contributed by atoms with Gasteiger partial charge in [-0.05, 0) is 75.7 Å². The van der Waals surface area contributed by atoms with Gasteiger partial charge in [0, 0.05) is 0 Å². The summed E-state index contributed by atoms with van der Waals surface area (Å²) in [7, 11) is 0. The highest BCUT2D eigenvalue weighted by Crippen LogP contribution is 2.33.